The number of carbonyl (C=O) groups excluding carboxylic acids is 3. The van der Waals surface area contributed by atoms with Gasteiger partial charge in [0.05, 0.1) is 0 Å². The maximum absolute atomic E-state index is 12.0. The molecule has 33 heavy (non-hydrogen) atoms. The lowest BCUT2D eigenvalue weighted by atomic mass is 10.3. The molecule has 0 aliphatic heterocycles. The number of carbonyl (C=O) groups is 3. The van der Waals surface area contributed by atoms with Crippen LogP contribution in [0.15, 0.2) is 0 Å². The normalized spacial score (nSPS) is 14.1. The smallest absolute Gasteiger partial charge is 0.407 e. The molecule has 0 saturated heterocycles. The summed E-state index contributed by atoms with van der Waals surface area (Å²) in [7, 11) is -11.4. The summed E-state index contributed by atoms with van der Waals surface area (Å²) in [6.07, 6.45) is -3.47. The van der Waals surface area contributed by atoms with Crippen LogP contribution in [0.3, 0.4) is 0 Å². The fourth-order valence-electron chi connectivity index (χ4n) is 2.09. The molecular formula is C16H32NO13P3. The average Bonchev–Trinajstić information content (AvgIpc) is 2.63. The highest BCUT2D eigenvalue weighted by Crippen LogP contribution is 2.69. The van der Waals surface area contributed by atoms with Crippen LogP contribution in [0.25, 0.3) is 0 Å². The van der Waals surface area contributed by atoms with E-state index in [2.05, 4.69) is 5.32 Å². The van der Waals surface area contributed by atoms with E-state index in [1.165, 1.54) is 0 Å². The van der Waals surface area contributed by atoms with Crippen LogP contribution in [0.2, 0.25) is 0 Å². The highest BCUT2D eigenvalue weighted by molar-refractivity contribution is 7.72. The second-order valence-electron chi connectivity index (χ2n) is 7.93. The predicted octanol–water partition coefficient (Wildman–Crippen LogP) is 1.43. The van der Waals surface area contributed by atoms with Gasteiger partial charge < -0.3 is 44.2 Å². The Balaban J connectivity index is 4.76. The molecular weight excluding hydrogens is 507 g/mol. The van der Waals surface area contributed by atoms with E-state index in [9.17, 15) is 28.6 Å². The zero-order chi connectivity index (χ0) is 26.1. The van der Waals surface area contributed by atoms with Crippen molar-refractivity contribution in [3.05, 3.63) is 0 Å². The minimum absolute atomic E-state index is 0.0846. The van der Waals surface area contributed by atoms with Gasteiger partial charge in [0.2, 0.25) is 0 Å². The van der Waals surface area contributed by atoms with Crippen LogP contribution in [0.1, 0.15) is 47.0 Å². The Bertz CT molecular complexity index is 748. The molecule has 6 N–H and O–H groups in total. The van der Waals surface area contributed by atoms with Crippen LogP contribution in [-0.2, 0) is 28.1 Å². The van der Waals surface area contributed by atoms with Gasteiger partial charge >= 0.3 is 33.0 Å². The van der Waals surface area contributed by atoms with Gasteiger partial charge in [-0.2, -0.15) is 0 Å². The van der Waals surface area contributed by atoms with Gasteiger partial charge in [0.15, 0.2) is 6.10 Å². The Morgan fingerprint density at radius 1 is 1.00 bits per heavy atom. The summed E-state index contributed by atoms with van der Waals surface area (Å²) in [6.45, 7) is 5.85. The van der Waals surface area contributed by atoms with E-state index in [0.717, 1.165) is 0 Å². The monoisotopic (exact) mass is 539 g/mol. The van der Waals surface area contributed by atoms with Gasteiger partial charge in [-0.15, -0.1) is 0 Å². The van der Waals surface area contributed by atoms with Crippen LogP contribution in [0.5, 0.6) is 0 Å². The molecule has 0 radical (unpaired) electrons. The van der Waals surface area contributed by atoms with E-state index in [-0.39, 0.29) is 33.3 Å². The number of aliphatic hydroxyl groups is 1. The van der Waals surface area contributed by atoms with Crippen LogP contribution >= 0.6 is 23.8 Å². The molecule has 0 fully saturated rings. The summed E-state index contributed by atoms with van der Waals surface area (Å²) in [5.74, 6) is -0.554. The molecule has 0 aliphatic rings. The Morgan fingerprint density at radius 2 is 1.52 bits per heavy atom. The Hall–Kier alpha value is -1.10. The van der Waals surface area contributed by atoms with Crippen LogP contribution in [-0.4, -0.2) is 78.6 Å². The number of alkyl carbamates (subject to hydrolysis) is 1. The number of hydrogen-bond donors (Lipinski definition) is 6. The largest absolute Gasteiger partial charge is 0.462 e. The molecule has 0 aromatic carbocycles. The molecule has 0 aliphatic carbocycles. The second kappa shape index (κ2) is 13.1. The lowest BCUT2D eigenvalue weighted by molar-refractivity contribution is -0.146. The van der Waals surface area contributed by atoms with Gasteiger partial charge in [-0.1, -0.05) is 27.7 Å². The van der Waals surface area contributed by atoms with Crippen molar-refractivity contribution < 1.29 is 62.4 Å². The quantitative estimate of drug-likeness (QED) is 0.0844. The van der Waals surface area contributed by atoms with Gasteiger partial charge in [0.25, 0.3) is 5.08 Å². The van der Waals surface area contributed by atoms with Crippen LogP contribution in [0.4, 0.5) is 9.59 Å². The molecule has 1 amide bonds. The summed E-state index contributed by atoms with van der Waals surface area (Å²) in [5.41, 5.74) is -0.571. The SMILES string of the molecule is CCC(=O)OCC(COC(=O)NCCCC(O)(P(=O)(O)O)P(=O)(O)O)OC(=O)PC(C)(C)C. The number of nitrogens with one attached hydrogen (secondary N) is 1. The van der Waals surface area contributed by atoms with Gasteiger partial charge in [-0.05, 0) is 11.6 Å². The summed E-state index contributed by atoms with van der Waals surface area (Å²) in [4.78, 5) is 71.4. The van der Waals surface area contributed by atoms with Gasteiger partial charge in [0, 0.05) is 28.0 Å². The van der Waals surface area contributed by atoms with Crippen molar-refractivity contribution >= 4 is 41.5 Å². The lowest BCUT2D eigenvalue weighted by Crippen LogP contribution is -2.34. The molecule has 0 aromatic heterocycles. The first-order valence-electron chi connectivity index (χ1n) is 9.71. The second-order valence-corrected chi connectivity index (χ2v) is 14.1. The van der Waals surface area contributed by atoms with Crippen LogP contribution < -0.4 is 5.32 Å². The van der Waals surface area contributed by atoms with Crippen molar-refractivity contribution in [2.45, 2.75) is 63.3 Å². The third-order valence-electron chi connectivity index (χ3n) is 3.76. The minimum atomic E-state index is -5.59. The molecule has 0 heterocycles. The van der Waals surface area contributed by atoms with E-state index >= 15 is 0 Å². The minimum Gasteiger partial charge on any atom is -0.462 e. The first-order chi connectivity index (χ1) is 14.8. The molecule has 17 heteroatoms. The average molecular weight is 539 g/mol. The van der Waals surface area contributed by atoms with Gasteiger partial charge in [-0.3, -0.25) is 13.9 Å². The van der Waals surface area contributed by atoms with Crippen molar-refractivity contribution in [3.63, 3.8) is 0 Å². The summed E-state index contributed by atoms with van der Waals surface area (Å²) in [5, 5.41) is 7.98. The van der Waals surface area contributed by atoms with E-state index in [0.29, 0.717) is 0 Å². The Kier molecular flexibility index (Phi) is 12.7. The molecule has 0 saturated carbocycles. The standard InChI is InChI=1S/C16H32NO13P3/c1-5-12(18)28-9-11(30-14(20)31-15(2,3)4)10-29-13(19)17-8-6-7-16(21,32(22,23)24)33(25,26)27/h11,21,31H,5-10H2,1-4H3,(H,17,19)(H2,22,23,24)(H2,25,26,27). The number of rotatable bonds is 13. The predicted molar refractivity (Wildman–Crippen MR) is 117 cm³/mol. The van der Waals surface area contributed by atoms with E-state index in [1.807, 2.05) is 20.8 Å². The third kappa shape index (κ3) is 12.2. The highest BCUT2D eigenvalue weighted by atomic mass is 31.2. The fourth-order valence-corrected chi connectivity index (χ4v) is 5.18. The van der Waals surface area contributed by atoms with E-state index in [1.54, 1.807) is 6.92 Å². The fraction of sp³-hybridized carbons (Fsp3) is 0.812. The third-order valence-corrected chi connectivity index (χ3v) is 8.71. The summed E-state index contributed by atoms with van der Waals surface area (Å²) in [6, 6.07) is 0. The molecule has 0 spiro atoms. The molecule has 2 unspecified atom stereocenters. The highest BCUT2D eigenvalue weighted by Gasteiger charge is 2.58. The molecule has 14 nitrogen and oxygen atoms in total. The molecule has 194 valence electrons. The topological polar surface area (TPSA) is 226 Å². The first kappa shape index (κ1) is 31.9. The maximum atomic E-state index is 12.0. The summed E-state index contributed by atoms with van der Waals surface area (Å²) >= 11 is 0. The van der Waals surface area contributed by atoms with Crippen molar-refractivity contribution in [3.8, 4) is 0 Å². The Morgan fingerprint density at radius 3 is 1.97 bits per heavy atom. The molecule has 2 atom stereocenters. The lowest BCUT2D eigenvalue weighted by Gasteiger charge is -2.29. The van der Waals surface area contributed by atoms with E-state index < -0.39 is 63.6 Å². The van der Waals surface area contributed by atoms with Crippen molar-refractivity contribution in [1.82, 2.24) is 5.32 Å². The Labute approximate surface area is 192 Å². The first-order valence-corrected chi connectivity index (χ1v) is 13.9. The maximum Gasteiger partial charge on any atom is 0.407 e. The molecule has 0 aromatic rings. The van der Waals surface area contributed by atoms with Gasteiger partial charge in [0.1, 0.15) is 13.2 Å². The number of esters is 1. The van der Waals surface area contributed by atoms with Crippen molar-refractivity contribution in [2.75, 3.05) is 19.8 Å². The number of hydrogen-bond acceptors (Lipinski definition) is 9. The van der Waals surface area contributed by atoms with Crippen molar-refractivity contribution in [1.29, 1.82) is 0 Å². The summed E-state index contributed by atoms with van der Waals surface area (Å²) < 4.78 is 37.6. The van der Waals surface area contributed by atoms with Crippen molar-refractivity contribution in [2.24, 2.45) is 0 Å². The number of amides is 1. The van der Waals surface area contributed by atoms with Gasteiger partial charge in [-0.25, -0.2) is 9.59 Å². The zero-order valence-electron chi connectivity index (χ0n) is 18.7. The van der Waals surface area contributed by atoms with Crippen LogP contribution in [0, 0.1) is 0 Å². The molecule has 0 rings (SSSR count). The molecule has 0 bridgehead atoms. The van der Waals surface area contributed by atoms with E-state index in [4.69, 9.17) is 33.8 Å². The number of ether oxygens (including phenoxy) is 3. The zero-order valence-corrected chi connectivity index (χ0v) is 21.5.